The first kappa shape index (κ1) is 36.7. The van der Waals surface area contributed by atoms with E-state index in [0.29, 0.717) is 19.3 Å². The van der Waals surface area contributed by atoms with Crippen molar-refractivity contribution in [3.8, 4) is 5.75 Å². The van der Waals surface area contributed by atoms with Crippen LogP contribution >= 0.6 is 0 Å². The predicted octanol–water partition coefficient (Wildman–Crippen LogP) is -0.628. The number of urea groups is 1. The van der Waals surface area contributed by atoms with Gasteiger partial charge in [-0.15, -0.1) is 0 Å². The summed E-state index contributed by atoms with van der Waals surface area (Å²) < 4.78 is 5.28. The molecule has 0 bridgehead atoms. The number of unbranched alkanes of at least 4 members (excludes halogenated alkanes) is 2. The number of carbonyl (C=O) groups excluding carboxylic acids is 7. The van der Waals surface area contributed by atoms with Gasteiger partial charge in [0.15, 0.2) is 0 Å². The highest BCUT2D eigenvalue weighted by atomic mass is 16.5. The first-order chi connectivity index (χ1) is 21.8. The SMILES string of the molecule is COc1cc(C(=O)N[C@@H](C)C(=O)O)ccc1NC(=O)C(CCCNC(N)=O)NC(=O)CNC(=O)CCCCCN1C(=O)C=CC1=O. The number of ether oxygens (including phenoxy) is 1. The highest BCUT2D eigenvalue weighted by Gasteiger charge is 2.24. The zero-order valence-electron chi connectivity index (χ0n) is 25.6. The van der Waals surface area contributed by atoms with E-state index in [2.05, 4.69) is 26.6 Å². The van der Waals surface area contributed by atoms with Gasteiger partial charge in [-0.05, 0) is 50.8 Å². The van der Waals surface area contributed by atoms with E-state index in [1.807, 2.05) is 0 Å². The van der Waals surface area contributed by atoms with E-state index in [1.54, 1.807) is 0 Å². The highest BCUT2D eigenvalue weighted by Crippen LogP contribution is 2.26. The van der Waals surface area contributed by atoms with Gasteiger partial charge in [-0.1, -0.05) is 6.42 Å². The van der Waals surface area contributed by atoms with Crippen LogP contribution in [0.4, 0.5) is 10.5 Å². The number of hydrogen-bond acceptors (Lipinski definition) is 9. The van der Waals surface area contributed by atoms with Gasteiger partial charge in [-0.3, -0.25) is 38.5 Å². The predicted molar refractivity (Wildman–Crippen MR) is 162 cm³/mol. The Morgan fingerprint density at radius 3 is 2.26 bits per heavy atom. The number of methoxy groups -OCH3 is 1. The van der Waals surface area contributed by atoms with E-state index in [9.17, 15) is 38.4 Å². The van der Waals surface area contributed by atoms with E-state index in [4.69, 9.17) is 15.6 Å². The Morgan fingerprint density at radius 1 is 0.935 bits per heavy atom. The molecule has 0 fully saturated rings. The van der Waals surface area contributed by atoms with Gasteiger partial charge < -0.3 is 42.2 Å². The average Bonchev–Trinajstić information content (AvgIpc) is 3.33. The molecule has 0 spiro atoms. The van der Waals surface area contributed by atoms with Crippen molar-refractivity contribution in [2.45, 2.75) is 57.5 Å². The lowest BCUT2D eigenvalue weighted by molar-refractivity contribution is -0.139. The summed E-state index contributed by atoms with van der Waals surface area (Å²) in [6, 6.07) is 1.04. The number of carboxylic acid groups (broad SMARTS) is 1. The molecule has 1 heterocycles. The molecule has 17 heteroatoms. The summed E-state index contributed by atoms with van der Waals surface area (Å²) in [5.41, 5.74) is 5.31. The molecule has 8 amide bonds. The highest BCUT2D eigenvalue weighted by molar-refractivity contribution is 6.12. The fourth-order valence-corrected chi connectivity index (χ4v) is 4.18. The lowest BCUT2D eigenvalue weighted by Gasteiger charge is -2.20. The van der Waals surface area contributed by atoms with E-state index >= 15 is 0 Å². The first-order valence-electron chi connectivity index (χ1n) is 14.5. The van der Waals surface area contributed by atoms with Gasteiger partial charge in [-0.2, -0.15) is 0 Å². The number of nitrogens with zero attached hydrogens (tertiary/aromatic N) is 1. The summed E-state index contributed by atoms with van der Waals surface area (Å²) in [6.07, 6.45) is 4.44. The maximum atomic E-state index is 13.2. The Morgan fingerprint density at radius 2 is 1.63 bits per heavy atom. The van der Waals surface area contributed by atoms with Crippen LogP contribution in [0.15, 0.2) is 30.4 Å². The molecule has 1 aliphatic rings. The quantitative estimate of drug-likeness (QED) is 0.0740. The Labute approximate surface area is 264 Å². The maximum absolute atomic E-state index is 13.2. The van der Waals surface area contributed by atoms with Crippen molar-refractivity contribution in [3.63, 3.8) is 0 Å². The minimum Gasteiger partial charge on any atom is -0.495 e. The molecular formula is C29H39N7O10. The fraction of sp³-hybridized carbons (Fsp3) is 0.448. The van der Waals surface area contributed by atoms with Crippen molar-refractivity contribution < 1.29 is 48.2 Å². The molecule has 1 unspecified atom stereocenters. The van der Waals surface area contributed by atoms with Crippen LogP contribution in [0, 0.1) is 0 Å². The van der Waals surface area contributed by atoms with Crippen LogP contribution in [-0.4, -0.2) is 96.3 Å². The van der Waals surface area contributed by atoms with E-state index in [-0.39, 0.29) is 61.2 Å². The second kappa shape index (κ2) is 18.4. The molecule has 46 heavy (non-hydrogen) atoms. The van der Waals surface area contributed by atoms with Crippen molar-refractivity contribution in [2.24, 2.45) is 5.73 Å². The minimum absolute atomic E-state index is 0.0789. The molecule has 0 radical (unpaired) electrons. The zero-order chi connectivity index (χ0) is 34.2. The standard InChI is InChI=1S/C29H39N7O10/c1-17(28(43)44)33-26(41)18-9-10-19(21(15-18)46-2)35-27(42)20(7-6-13-31-29(30)45)34-23(38)16-32-22(37)8-4-3-5-14-36-24(39)11-12-25(36)40/h9-12,15,17,20H,3-8,13-14,16H2,1-2H3,(H,32,37)(H,33,41)(H,34,38)(H,35,42)(H,43,44)(H3,30,31,45)/t17-,20?/m0/s1. The van der Waals surface area contributed by atoms with Gasteiger partial charge >= 0.3 is 12.0 Å². The van der Waals surface area contributed by atoms with E-state index in [0.717, 1.165) is 4.90 Å². The number of rotatable bonds is 19. The van der Waals surface area contributed by atoms with Gasteiger partial charge in [0.25, 0.3) is 17.7 Å². The number of benzene rings is 1. The van der Waals surface area contributed by atoms with Gasteiger partial charge in [-0.25, -0.2) is 4.79 Å². The fourth-order valence-electron chi connectivity index (χ4n) is 4.18. The van der Waals surface area contributed by atoms with Crippen LogP contribution in [-0.2, 0) is 28.8 Å². The monoisotopic (exact) mass is 645 g/mol. The molecule has 0 aromatic heterocycles. The third kappa shape index (κ3) is 12.3. The Hall–Kier alpha value is -5.48. The van der Waals surface area contributed by atoms with Gasteiger partial charge in [0.05, 0.1) is 19.3 Å². The zero-order valence-corrected chi connectivity index (χ0v) is 25.6. The molecule has 1 aromatic rings. The van der Waals surface area contributed by atoms with Crippen molar-refractivity contribution in [1.29, 1.82) is 0 Å². The first-order valence-corrected chi connectivity index (χ1v) is 14.5. The van der Waals surface area contributed by atoms with Gasteiger partial charge in [0.2, 0.25) is 17.7 Å². The number of primary amides is 1. The van der Waals surface area contributed by atoms with Crippen LogP contribution in [0.5, 0.6) is 5.75 Å². The molecule has 250 valence electrons. The summed E-state index contributed by atoms with van der Waals surface area (Å²) in [4.78, 5) is 96.7. The van der Waals surface area contributed by atoms with Crippen molar-refractivity contribution >= 4 is 53.1 Å². The van der Waals surface area contributed by atoms with Gasteiger partial charge in [0.1, 0.15) is 17.8 Å². The molecule has 1 aromatic carbocycles. The number of anilines is 1. The molecule has 0 saturated heterocycles. The summed E-state index contributed by atoms with van der Waals surface area (Å²) in [7, 11) is 1.30. The summed E-state index contributed by atoms with van der Waals surface area (Å²) in [5, 5.41) is 21.4. The molecule has 0 saturated carbocycles. The van der Waals surface area contributed by atoms with Crippen LogP contribution in [0.2, 0.25) is 0 Å². The smallest absolute Gasteiger partial charge is 0.325 e. The lowest BCUT2D eigenvalue weighted by Crippen LogP contribution is -2.47. The van der Waals surface area contributed by atoms with E-state index in [1.165, 1.54) is 44.4 Å². The molecular weight excluding hydrogens is 606 g/mol. The molecule has 17 nitrogen and oxygen atoms in total. The number of carbonyl (C=O) groups is 8. The van der Waals surface area contributed by atoms with E-state index < -0.39 is 54.3 Å². The Balaban J connectivity index is 1.92. The molecule has 0 aliphatic carbocycles. The second-order valence-electron chi connectivity index (χ2n) is 10.2. The molecule has 2 atom stereocenters. The number of aliphatic carboxylic acids is 1. The largest absolute Gasteiger partial charge is 0.495 e. The number of amides is 8. The summed E-state index contributed by atoms with van der Waals surface area (Å²) in [5.74, 6) is -4.24. The molecule has 1 aliphatic heterocycles. The maximum Gasteiger partial charge on any atom is 0.325 e. The Kier molecular flexibility index (Phi) is 14.6. The average molecular weight is 646 g/mol. The van der Waals surface area contributed by atoms with Crippen molar-refractivity contribution in [3.05, 3.63) is 35.9 Å². The topological polar surface area (TPSA) is 255 Å². The number of nitrogens with one attached hydrogen (secondary N) is 5. The second-order valence-corrected chi connectivity index (χ2v) is 10.2. The number of nitrogens with two attached hydrogens (primary N) is 1. The molecule has 2 rings (SSSR count). The minimum atomic E-state index is -1.22. The Bertz CT molecular complexity index is 1350. The van der Waals surface area contributed by atoms with Crippen LogP contribution in [0.3, 0.4) is 0 Å². The van der Waals surface area contributed by atoms with Crippen molar-refractivity contribution in [2.75, 3.05) is 32.1 Å². The summed E-state index contributed by atoms with van der Waals surface area (Å²) >= 11 is 0. The lowest BCUT2D eigenvalue weighted by atomic mass is 10.1. The number of hydrogen-bond donors (Lipinski definition) is 7. The third-order valence-corrected chi connectivity index (χ3v) is 6.69. The van der Waals surface area contributed by atoms with Gasteiger partial charge in [0, 0.05) is 37.2 Å². The molecule has 8 N–H and O–H groups in total. The van der Waals surface area contributed by atoms with Crippen molar-refractivity contribution in [1.82, 2.24) is 26.2 Å². The van der Waals surface area contributed by atoms with Crippen LogP contribution < -0.4 is 37.1 Å². The number of imide groups is 1. The summed E-state index contributed by atoms with van der Waals surface area (Å²) in [6.45, 7) is 1.28. The normalized spacial score (nSPS) is 13.4. The van der Waals surface area contributed by atoms with Crippen LogP contribution in [0.1, 0.15) is 55.8 Å². The third-order valence-electron chi connectivity index (χ3n) is 6.69. The number of carboxylic acids is 1. The van der Waals surface area contributed by atoms with Crippen LogP contribution in [0.25, 0.3) is 0 Å².